The lowest BCUT2D eigenvalue weighted by Gasteiger charge is -2.47. The predicted octanol–water partition coefficient (Wildman–Crippen LogP) is 1.90. The van der Waals surface area contributed by atoms with Crippen LogP contribution in [0.5, 0.6) is 6.01 Å². The van der Waals surface area contributed by atoms with Crippen LogP contribution in [-0.4, -0.2) is 108 Å². The van der Waals surface area contributed by atoms with Gasteiger partial charge in [-0.3, -0.25) is 4.90 Å². The largest absolute Gasteiger partial charge is 0.467 e. The van der Waals surface area contributed by atoms with E-state index in [2.05, 4.69) is 20.0 Å². The highest BCUT2D eigenvalue weighted by atomic mass is 32.1. The molecule has 0 spiro atoms. The highest BCUT2D eigenvalue weighted by molar-refractivity contribution is 7.81. The summed E-state index contributed by atoms with van der Waals surface area (Å²) in [6.07, 6.45) is 0.976. The summed E-state index contributed by atoms with van der Waals surface area (Å²) < 4.78 is 32.9. The normalized spacial score (nSPS) is 27.0. The Balaban J connectivity index is 1.36. The molecule has 3 aliphatic heterocycles. The van der Waals surface area contributed by atoms with E-state index in [-0.39, 0.29) is 18.7 Å². The van der Waals surface area contributed by atoms with E-state index < -0.39 is 10.9 Å². The SMILES string of the molecule is COc1nc(N2CCO[C@H](CO)C2)cc(-n2ncc3cc(C)c([C@@]4(S)CCN(C5COC5)CC4F)cc32)n1. The van der Waals surface area contributed by atoms with E-state index in [0.29, 0.717) is 63.6 Å². The van der Waals surface area contributed by atoms with E-state index in [0.717, 1.165) is 28.6 Å². The molecule has 5 heterocycles. The third-order valence-corrected chi connectivity index (χ3v) is 8.70. The summed E-state index contributed by atoms with van der Waals surface area (Å²) in [4.78, 5) is 13.3. The van der Waals surface area contributed by atoms with E-state index in [1.165, 1.54) is 7.11 Å². The predicted molar refractivity (Wildman–Crippen MR) is 143 cm³/mol. The van der Waals surface area contributed by atoms with Crippen molar-refractivity contribution in [2.75, 3.05) is 64.6 Å². The second-order valence-corrected chi connectivity index (χ2v) is 11.1. The van der Waals surface area contributed by atoms with Crippen LogP contribution in [0.3, 0.4) is 0 Å². The van der Waals surface area contributed by atoms with Gasteiger partial charge < -0.3 is 24.2 Å². The Labute approximate surface area is 226 Å². The monoisotopic (exact) mass is 544 g/mol. The third kappa shape index (κ3) is 4.51. The van der Waals surface area contributed by atoms with E-state index in [4.69, 9.17) is 26.8 Å². The molecule has 38 heavy (non-hydrogen) atoms. The maximum absolute atomic E-state index is 15.8. The van der Waals surface area contributed by atoms with Gasteiger partial charge in [-0.15, -0.1) is 0 Å². The molecule has 0 bridgehead atoms. The molecule has 1 aromatic carbocycles. The molecule has 3 saturated heterocycles. The van der Waals surface area contributed by atoms with Crippen LogP contribution in [-0.2, 0) is 14.2 Å². The number of nitrogens with zero attached hydrogens (tertiary/aromatic N) is 6. The molecule has 0 aliphatic carbocycles. The first-order chi connectivity index (χ1) is 18.4. The minimum atomic E-state index is -1.13. The van der Waals surface area contributed by atoms with Crippen LogP contribution in [0.15, 0.2) is 24.4 Å². The van der Waals surface area contributed by atoms with Crippen molar-refractivity contribution in [2.24, 2.45) is 0 Å². The van der Waals surface area contributed by atoms with Gasteiger partial charge in [0.25, 0.3) is 0 Å². The minimum Gasteiger partial charge on any atom is -0.467 e. The summed E-state index contributed by atoms with van der Waals surface area (Å²) in [7, 11) is 1.52. The lowest BCUT2D eigenvalue weighted by molar-refractivity contribution is -0.0827. The molecule has 6 rings (SSSR count). The Hall–Kier alpha value is -2.51. The molecule has 204 valence electrons. The molecule has 12 heteroatoms. The number of morpholine rings is 1. The van der Waals surface area contributed by atoms with Crippen LogP contribution >= 0.6 is 12.6 Å². The number of halogens is 1. The van der Waals surface area contributed by atoms with Gasteiger partial charge in [0.1, 0.15) is 12.0 Å². The number of ether oxygens (including phenoxy) is 3. The van der Waals surface area contributed by atoms with Gasteiger partial charge in [-0.05, 0) is 36.6 Å². The fraction of sp³-hybridized carbons (Fsp3) is 0.577. The summed E-state index contributed by atoms with van der Waals surface area (Å²) in [5, 5.41) is 15.1. The number of piperidine rings is 1. The molecule has 1 N–H and O–H groups in total. The standard InChI is InChI=1S/C26H33FN6O4S/c1-16-7-17-10-28-33(24-9-23(29-25(30-24)35-2)32-5-6-37-19(11-32)13-34)21(17)8-20(16)26(38)3-4-31(12-22(26)27)18-14-36-15-18/h7-10,18-19,22,34,38H,3-6,11-15H2,1-2H3/t19-,22?,26-/m0/s1. The number of anilines is 1. The average molecular weight is 545 g/mol. The van der Waals surface area contributed by atoms with Gasteiger partial charge in [0, 0.05) is 37.6 Å². The number of methoxy groups -OCH3 is 1. The maximum Gasteiger partial charge on any atom is 0.320 e. The van der Waals surface area contributed by atoms with Gasteiger partial charge in [0.05, 0.1) is 62.1 Å². The van der Waals surface area contributed by atoms with Crippen LogP contribution < -0.4 is 9.64 Å². The molecule has 3 aliphatic rings. The second kappa shape index (κ2) is 10.2. The average Bonchev–Trinajstić information content (AvgIpc) is 3.31. The summed E-state index contributed by atoms with van der Waals surface area (Å²) in [5.41, 5.74) is 2.66. The molecular weight excluding hydrogens is 511 g/mol. The van der Waals surface area contributed by atoms with Gasteiger partial charge >= 0.3 is 6.01 Å². The number of alkyl halides is 1. The highest BCUT2D eigenvalue weighted by Crippen LogP contribution is 2.44. The quantitative estimate of drug-likeness (QED) is 0.451. The zero-order chi connectivity index (χ0) is 26.4. The number of thiol groups is 1. The van der Waals surface area contributed by atoms with Crippen LogP contribution in [0, 0.1) is 6.92 Å². The Kier molecular flexibility index (Phi) is 6.93. The van der Waals surface area contributed by atoms with Gasteiger partial charge in [0.2, 0.25) is 0 Å². The molecule has 0 radical (unpaired) electrons. The summed E-state index contributed by atoms with van der Waals surface area (Å²) in [6, 6.07) is 6.41. The van der Waals surface area contributed by atoms with Gasteiger partial charge in [0.15, 0.2) is 5.82 Å². The first-order valence-corrected chi connectivity index (χ1v) is 13.4. The summed E-state index contributed by atoms with van der Waals surface area (Å²) >= 11 is 4.98. The molecule has 0 amide bonds. The molecule has 3 aromatic rings. The molecule has 0 saturated carbocycles. The van der Waals surface area contributed by atoms with Gasteiger partial charge in [-0.1, -0.05) is 0 Å². The third-order valence-electron chi connectivity index (χ3n) is 7.96. The molecular formula is C26H33FN6O4S. The molecule has 3 atom stereocenters. The number of aliphatic hydroxyl groups excluding tert-OH is 1. The van der Waals surface area contributed by atoms with Crippen LogP contribution in [0.25, 0.3) is 16.7 Å². The number of hydrogen-bond donors (Lipinski definition) is 2. The van der Waals surface area contributed by atoms with Crippen molar-refractivity contribution in [3.63, 3.8) is 0 Å². The number of aliphatic hydroxyl groups is 1. The number of aryl methyl sites for hydroxylation is 1. The Bertz CT molecular complexity index is 1320. The lowest BCUT2D eigenvalue weighted by atomic mass is 9.83. The number of benzene rings is 1. The minimum absolute atomic E-state index is 0.0647. The topological polar surface area (TPSA) is 98.0 Å². The number of likely N-dealkylation sites (tertiary alicyclic amines) is 1. The molecule has 1 unspecified atom stereocenters. The van der Waals surface area contributed by atoms with E-state index in [1.807, 2.05) is 30.0 Å². The molecule has 10 nitrogen and oxygen atoms in total. The maximum atomic E-state index is 15.8. The second-order valence-electron chi connectivity index (χ2n) is 10.3. The summed E-state index contributed by atoms with van der Waals surface area (Å²) in [5.74, 6) is 1.19. The fourth-order valence-corrected chi connectivity index (χ4v) is 6.05. The Morgan fingerprint density at radius 1 is 1.18 bits per heavy atom. The van der Waals surface area contributed by atoms with Crippen molar-refractivity contribution in [3.05, 3.63) is 35.5 Å². The van der Waals surface area contributed by atoms with E-state index in [9.17, 15) is 5.11 Å². The van der Waals surface area contributed by atoms with Crippen molar-refractivity contribution >= 4 is 29.3 Å². The zero-order valence-corrected chi connectivity index (χ0v) is 22.5. The van der Waals surface area contributed by atoms with Gasteiger partial charge in [-0.25, -0.2) is 9.07 Å². The van der Waals surface area contributed by atoms with Crippen molar-refractivity contribution in [2.45, 2.75) is 36.4 Å². The lowest BCUT2D eigenvalue weighted by Crippen LogP contribution is -2.57. The highest BCUT2D eigenvalue weighted by Gasteiger charge is 2.45. The van der Waals surface area contributed by atoms with Crippen LogP contribution in [0.4, 0.5) is 10.2 Å². The van der Waals surface area contributed by atoms with Crippen molar-refractivity contribution in [3.8, 4) is 11.8 Å². The van der Waals surface area contributed by atoms with E-state index in [1.54, 1.807) is 10.9 Å². The molecule has 3 fully saturated rings. The number of rotatable bonds is 6. The van der Waals surface area contributed by atoms with Crippen LogP contribution in [0.2, 0.25) is 0 Å². The number of aromatic nitrogens is 4. The first kappa shape index (κ1) is 25.8. The van der Waals surface area contributed by atoms with Crippen LogP contribution in [0.1, 0.15) is 17.5 Å². The number of hydrogen-bond acceptors (Lipinski definition) is 10. The Morgan fingerprint density at radius 2 is 2.00 bits per heavy atom. The Morgan fingerprint density at radius 3 is 2.71 bits per heavy atom. The first-order valence-electron chi connectivity index (χ1n) is 13.0. The van der Waals surface area contributed by atoms with Crippen molar-refractivity contribution in [1.29, 1.82) is 0 Å². The van der Waals surface area contributed by atoms with Gasteiger partial charge in [-0.2, -0.15) is 27.7 Å². The van der Waals surface area contributed by atoms with E-state index >= 15 is 4.39 Å². The zero-order valence-electron chi connectivity index (χ0n) is 21.6. The summed E-state index contributed by atoms with van der Waals surface area (Å²) in [6.45, 7) is 6.02. The van der Waals surface area contributed by atoms with Crippen molar-refractivity contribution in [1.82, 2.24) is 24.6 Å². The smallest absolute Gasteiger partial charge is 0.320 e. The fourth-order valence-electron chi connectivity index (χ4n) is 5.63. The number of fused-ring (bicyclic) bond motifs is 1. The van der Waals surface area contributed by atoms with Crippen molar-refractivity contribution < 1.29 is 23.7 Å². The molecule has 2 aromatic heterocycles.